The van der Waals surface area contributed by atoms with Crippen molar-refractivity contribution in [3.63, 3.8) is 0 Å². The summed E-state index contributed by atoms with van der Waals surface area (Å²) in [7, 11) is 0. The molecule has 0 saturated carbocycles. The van der Waals surface area contributed by atoms with Crippen molar-refractivity contribution < 1.29 is 0 Å². The Bertz CT molecular complexity index is 1120. The number of aryl methyl sites for hydroxylation is 2. The standard InChI is InChI=1S/C24H29N5O/c1-17(2)12-13-27-15-28(19-9-4-3-5-10-19)24-26-22-21(23(30)29(24)16-27)20-11-7-6-8-18(20)14-25-22/h3-5,9-10,14,17H,6-8,11-13,15-16H2,1-2H3. The van der Waals surface area contributed by atoms with Crippen molar-refractivity contribution in [2.75, 3.05) is 18.1 Å². The zero-order valence-corrected chi connectivity index (χ0v) is 17.8. The Balaban J connectivity index is 1.67. The van der Waals surface area contributed by atoms with E-state index in [4.69, 9.17) is 4.98 Å². The topological polar surface area (TPSA) is 54.3 Å². The van der Waals surface area contributed by atoms with Crippen LogP contribution in [0.25, 0.3) is 11.0 Å². The quantitative estimate of drug-likeness (QED) is 0.657. The molecule has 0 N–H and O–H groups in total. The smallest absolute Gasteiger partial charge is 0.265 e. The molecule has 6 nitrogen and oxygen atoms in total. The molecule has 30 heavy (non-hydrogen) atoms. The molecule has 1 aliphatic carbocycles. The predicted molar refractivity (Wildman–Crippen MR) is 120 cm³/mol. The predicted octanol–water partition coefficient (Wildman–Crippen LogP) is 4.09. The number of nitrogens with zero attached hydrogens (tertiary/aromatic N) is 5. The minimum atomic E-state index is 0.0522. The number of aromatic nitrogens is 3. The van der Waals surface area contributed by atoms with Gasteiger partial charge in [0.25, 0.3) is 5.56 Å². The third kappa shape index (κ3) is 3.39. The van der Waals surface area contributed by atoms with E-state index in [0.717, 1.165) is 50.0 Å². The number of anilines is 2. The summed E-state index contributed by atoms with van der Waals surface area (Å²) >= 11 is 0. The Morgan fingerprint density at radius 1 is 1.07 bits per heavy atom. The molecule has 5 rings (SSSR count). The fourth-order valence-electron chi connectivity index (χ4n) is 4.61. The van der Waals surface area contributed by atoms with Gasteiger partial charge in [0.05, 0.1) is 18.7 Å². The molecule has 1 aromatic carbocycles. The third-order valence-electron chi connectivity index (χ3n) is 6.30. The number of hydrogen-bond acceptors (Lipinski definition) is 5. The molecule has 1 aliphatic heterocycles. The van der Waals surface area contributed by atoms with Gasteiger partial charge in [-0.05, 0) is 61.3 Å². The Hall–Kier alpha value is -2.73. The van der Waals surface area contributed by atoms with Crippen molar-refractivity contribution in [2.45, 2.75) is 52.6 Å². The van der Waals surface area contributed by atoms with Crippen molar-refractivity contribution in [3.05, 3.63) is 58.0 Å². The molecule has 6 heteroatoms. The van der Waals surface area contributed by atoms with E-state index in [-0.39, 0.29) is 5.56 Å². The molecule has 156 valence electrons. The van der Waals surface area contributed by atoms with E-state index in [1.54, 1.807) is 0 Å². The van der Waals surface area contributed by atoms with Crippen molar-refractivity contribution in [2.24, 2.45) is 5.92 Å². The lowest BCUT2D eigenvalue weighted by molar-refractivity contribution is 0.189. The second-order valence-corrected chi connectivity index (χ2v) is 8.94. The highest BCUT2D eigenvalue weighted by atomic mass is 16.1. The minimum absolute atomic E-state index is 0.0522. The van der Waals surface area contributed by atoms with Crippen LogP contribution in [0.3, 0.4) is 0 Å². The van der Waals surface area contributed by atoms with Crippen LogP contribution in [0.15, 0.2) is 41.3 Å². The van der Waals surface area contributed by atoms with Crippen LogP contribution in [-0.4, -0.2) is 32.6 Å². The van der Waals surface area contributed by atoms with Gasteiger partial charge in [0.1, 0.15) is 0 Å². The molecule has 0 saturated heterocycles. The molecule has 0 spiro atoms. The molecule has 0 atom stereocenters. The lowest BCUT2D eigenvalue weighted by Crippen LogP contribution is -2.47. The van der Waals surface area contributed by atoms with Crippen LogP contribution < -0.4 is 10.5 Å². The molecular weight excluding hydrogens is 374 g/mol. The fraction of sp³-hybridized carbons (Fsp3) is 0.458. The molecule has 0 unspecified atom stereocenters. The Labute approximate surface area is 177 Å². The average molecular weight is 404 g/mol. The lowest BCUT2D eigenvalue weighted by Gasteiger charge is -2.38. The highest BCUT2D eigenvalue weighted by molar-refractivity contribution is 5.81. The van der Waals surface area contributed by atoms with Gasteiger partial charge in [-0.1, -0.05) is 32.0 Å². The van der Waals surface area contributed by atoms with Gasteiger partial charge in [-0.25, -0.2) is 4.98 Å². The summed E-state index contributed by atoms with van der Waals surface area (Å²) < 4.78 is 1.86. The first-order chi connectivity index (χ1) is 14.6. The summed E-state index contributed by atoms with van der Waals surface area (Å²) in [6.07, 6.45) is 7.30. The van der Waals surface area contributed by atoms with E-state index in [9.17, 15) is 4.79 Å². The van der Waals surface area contributed by atoms with E-state index < -0.39 is 0 Å². The minimum Gasteiger partial charge on any atom is -0.298 e. The lowest BCUT2D eigenvalue weighted by atomic mass is 9.91. The highest BCUT2D eigenvalue weighted by Crippen LogP contribution is 2.30. The maximum atomic E-state index is 13.7. The van der Waals surface area contributed by atoms with E-state index in [1.165, 1.54) is 17.5 Å². The number of fused-ring (bicyclic) bond motifs is 4. The van der Waals surface area contributed by atoms with Gasteiger partial charge >= 0.3 is 0 Å². The van der Waals surface area contributed by atoms with Crippen LogP contribution in [0.5, 0.6) is 0 Å². The van der Waals surface area contributed by atoms with Gasteiger partial charge in [0.2, 0.25) is 5.95 Å². The van der Waals surface area contributed by atoms with Crippen molar-refractivity contribution in [1.82, 2.24) is 19.4 Å². The summed E-state index contributed by atoms with van der Waals surface area (Å²) in [5.74, 6) is 1.32. The van der Waals surface area contributed by atoms with Crippen LogP contribution in [0.1, 0.15) is 44.2 Å². The van der Waals surface area contributed by atoms with E-state index in [1.807, 2.05) is 29.0 Å². The zero-order chi connectivity index (χ0) is 20.7. The zero-order valence-electron chi connectivity index (χ0n) is 17.8. The number of hydrogen-bond donors (Lipinski definition) is 0. The first-order valence-corrected chi connectivity index (χ1v) is 11.1. The molecule has 2 aliphatic rings. The fourth-order valence-corrected chi connectivity index (χ4v) is 4.61. The number of pyridine rings is 1. The number of benzene rings is 1. The number of rotatable bonds is 4. The monoisotopic (exact) mass is 403 g/mol. The maximum Gasteiger partial charge on any atom is 0.265 e. The average Bonchev–Trinajstić information content (AvgIpc) is 2.78. The molecular formula is C24H29N5O. The van der Waals surface area contributed by atoms with E-state index in [2.05, 4.69) is 40.8 Å². The highest BCUT2D eigenvalue weighted by Gasteiger charge is 2.28. The van der Waals surface area contributed by atoms with Crippen LogP contribution in [0.4, 0.5) is 11.6 Å². The van der Waals surface area contributed by atoms with Crippen molar-refractivity contribution in [3.8, 4) is 0 Å². The molecule has 0 radical (unpaired) electrons. The molecule has 3 aromatic rings. The summed E-state index contributed by atoms with van der Waals surface area (Å²) in [6, 6.07) is 10.2. The van der Waals surface area contributed by atoms with Gasteiger partial charge in [0.15, 0.2) is 5.65 Å². The molecule has 3 heterocycles. The molecule has 0 bridgehead atoms. The van der Waals surface area contributed by atoms with Crippen LogP contribution in [0.2, 0.25) is 0 Å². The summed E-state index contributed by atoms with van der Waals surface area (Å²) in [5.41, 5.74) is 4.08. The van der Waals surface area contributed by atoms with Crippen LogP contribution >= 0.6 is 0 Å². The first kappa shape index (κ1) is 19.2. The SMILES string of the molecule is CC(C)CCN1CN(c2ccccc2)c2nc3ncc4c(c3c(=O)n2C1)CCCC4. The van der Waals surface area contributed by atoms with Gasteiger partial charge < -0.3 is 0 Å². The number of para-hydroxylation sites is 1. The summed E-state index contributed by atoms with van der Waals surface area (Å²) in [4.78, 5) is 27.8. The molecule has 2 aromatic heterocycles. The third-order valence-corrected chi connectivity index (χ3v) is 6.30. The van der Waals surface area contributed by atoms with Gasteiger partial charge in [-0.15, -0.1) is 0 Å². The van der Waals surface area contributed by atoms with Crippen molar-refractivity contribution in [1.29, 1.82) is 0 Å². The van der Waals surface area contributed by atoms with E-state index in [0.29, 0.717) is 24.2 Å². The van der Waals surface area contributed by atoms with Crippen LogP contribution in [-0.2, 0) is 19.5 Å². The van der Waals surface area contributed by atoms with E-state index >= 15 is 0 Å². The van der Waals surface area contributed by atoms with Crippen molar-refractivity contribution >= 4 is 22.7 Å². The maximum absolute atomic E-state index is 13.7. The van der Waals surface area contributed by atoms with Gasteiger partial charge in [-0.3, -0.25) is 19.2 Å². The summed E-state index contributed by atoms with van der Waals surface area (Å²) in [5, 5.41) is 0.731. The van der Waals surface area contributed by atoms with Gasteiger partial charge in [0, 0.05) is 18.4 Å². The largest absolute Gasteiger partial charge is 0.298 e. The Kier molecular flexibility index (Phi) is 5.03. The second-order valence-electron chi connectivity index (χ2n) is 8.94. The van der Waals surface area contributed by atoms with Gasteiger partial charge in [-0.2, -0.15) is 4.98 Å². The Morgan fingerprint density at radius 3 is 2.67 bits per heavy atom. The summed E-state index contributed by atoms with van der Waals surface area (Å²) in [6.45, 7) is 6.74. The van der Waals surface area contributed by atoms with Crippen LogP contribution in [0, 0.1) is 5.92 Å². The normalized spacial score (nSPS) is 16.7. The Morgan fingerprint density at radius 2 is 1.87 bits per heavy atom. The first-order valence-electron chi connectivity index (χ1n) is 11.1. The molecule has 0 amide bonds. The second kappa shape index (κ2) is 7.84. The molecule has 0 fully saturated rings.